The van der Waals surface area contributed by atoms with Crippen molar-refractivity contribution in [3.8, 4) is 11.5 Å². The van der Waals surface area contributed by atoms with Crippen molar-refractivity contribution in [2.24, 2.45) is 0 Å². The molecule has 3 rings (SSSR count). The van der Waals surface area contributed by atoms with E-state index in [-0.39, 0.29) is 26.4 Å². The molecule has 0 aliphatic heterocycles. The maximum atomic E-state index is 13.1. The molecule has 0 aromatic heterocycles. The number of nitrogens with one attached hydrogen (secondary N) is 2. The van der Waals surface area contributed by atoms with E-state index < -0.39 is 40.0 Å². The van der Waals surface area contributed by atoms with E-state index in [0.29, 0.717) is 11.8 Å². The van der Waals surface area contributed by atoms with Crippen molar-refractivity contribution in [3.63, 3.8) is 0 Å². The van der Waals surface area contributed by atoms with Crippen LogP contribution in [-0.4, -0.2) is 28.0 Å². The molecule has 1 amide bonds. The minimum atomic E-state index is -4.72. The Morgan fingerprint density at radius 2 is 1.69 bits per heavy atom. The summed E-state index contributed by atoms with van der Waals surface area (Å²) < 4.78 is 77.3. The highest BCUT2D eigenvalue weighted by Gasteiger charge is 2.34. The third-order valence-corrected chi connectivity index (χ3v) is 6.40. The highest BCUT2D eigenvalue weighted by atomic mass is 35.5. The molecule has 0 aliphatic rings. The van der Waals surface area contributed by atoms with E-state index in [1.54, 1.807) is 0 Å². The van der Waals surface area contributed by atoms with Crippen molar-refractivity contribution >= 4 is 50.5 Å². The molecule has 0 saturated carbocycles. The SMILES string of the molecule is COc1ccc(NS(=O)(=O)c2ccc(OCC(=O)Nc3ccc(Cl)cc3C(F)(F)F)cc2)cc1Cl. The van der Waals surface area contributed by atoms with Gasteiger partial charge < -0.3 is 14.8 Å². The first-order valence-corrected chi connectivity index (χ1v) is 11.9. The summed E-state index contributed by atoms with van der Waals surface area (Å²) >= 11 is 11.6. The second-order valence-electron chi connectivity index (χ2n) is 6.95. The molecule has 3 aromatic carbocycles. The lowest BCUT2D eigenvalue weighted by molar-refractivity contribution is -0.137. The maximum absolute atomic E-state index is 13.1. The molecular weight excluding hydrogens is 532 g/mol. The van der Waals surface area contributed by atoms with Crippen LogP contribution in [0.15, 0.2) is 65.6 Å². The van der Waals surface area contributed by atoms with Crippen molar-refractivity contribution in [1.82, 2.24) is 0 Å². The number of hydrogen-bond acceptors (Lipinski definition) is 5. The fourth-order valence-electron chi connectivity index (χ4n) is 2.85. The summed E-state index contributed by atoms with van der Waals surface area (Å²) in [5.74, 6) is -0.350. The van der Waals surface area contributed by atoms with Crippen LogP contribution in [0, 0.1) is 0 Å². The van der Waals surface area contributed by atoms with Crippen molar-refractivity contribution in [2.45, 2.75) is 11.1 Å². The Labute approximate surface area is 208 Å². The minimum Gasteiger partial charge on any atom is -0.495 e. The van der Waals surface area contributed by atoms with E-state index in [1.165, 1.54) is 55.6 Å². The zero-order valence-corrected chi connectivity index (χ0v) is 20.1. The summed E-state index contributed by atoms with van der Waals surface area (Å²) in [6.07, 6.45) is -4.72. The van der Waals surface area contributed by atoms with Crippen LogP contribution < -0.4 is 19.5 Å². The normalized spacial score (nSPS) is 11.6. The van der Waals surface area contributed by atoms with Gasteiger partial charge in [-0.05, 0) is 60.7 Å². The third kappa shape index (κ3) is 6.93. The second-order valence-corrected chi connectivity index (χ2v) is 9.48. The molecule has 0 unspecified atom stereocenters. The monoisotopic (exact) mass is 548 g/mol. The predicted molar refractivity (Wildman–Crippen MR) is 126 cm³/mol. The zero-order chi connectivity index (χ0) is 25.8. The molecule has 7 nitrogen and oxygen atoms in total. The molecule has 0 saturated heterocycles. The highest BCUT2D eigenvalue weighted by Crippen LogP contribution is 2.36. The highest BCUT2D eigenvalue weighted by molar-refractivity contribution is 7.92. The van der Waals surface area contributed by atoms with Crippen LogP contribution in [0.5, 0.6) is 11.5 Å². The molecule has 2 N–H and O–H groups in total. The number of carbonyl (C=O) groups is 1. The van der Waals surface area contributed by atoms with E-state index >= 15 is 0 Å². The molecule has 0 fully saturated rings. The molecule has 0 radical (unpaired) electrons. The summed E-state index contributed by atoms with van der Waals surface area (Å²) in [7, 11) is -2.54. The standard InChI is InChI=1S/C22H17Cl2F3N2O5S/c1-33-20-9-3-14(11-18(20)24)29-35(31,32)16-6-4-15(5-7-16)34-12-21(30)28-19-8-2-13(23)10-17(19)22(25,26)27/h2-11,29H,12H2,1H3,(H,28,30). The first-order chi connectivity index (χ1) is 16.4. The van der Waals surface area contributed by atoms with Crippen molar-refractivity contribution < 1.29 is 35.9 Å². The molecule has 0 heterocycles. The van der Waals surface area contributed by atoms with Gasteiger partial charge in [0.25, 0.3) is 15.9 Å². The van der Waals surface area contributed by atoms with Gasteiger partial charge in [0.05, 0.1) is 34.0 Å². The van der Waals surface area contributed by atoms with Gasteiger partial charge in [-0.1, -0.05) is 23.2 Å². The van der Waals surface area contributed by atoms with E-state index in [9.17, 15) is 26.4 Å². The van der Waals surface area contributed by atoms with Crippen LogP contribution in [0.1, 0.15) is 5.56 Å². The first-order valence-electron chi connectivity index (χ1n) is 9.65. The van der Waals surface area contributed by atoms with Gasteiger partial charge in [0, 0.05) is 5.02 Å². The molecule has 0 bridgehead atoms. The second kappa shape index (κ2) is 10.6. The molecule has 186 valence electrons. The Hall–Kier alpha value is -3.15. The molecule has 0 spiro atoms. The predicted octanol–water partition coefficient (Wildman–Crippen LogP) is 5.84. The fourth-order valence-corrected chi connectivity index (χ4v) is 4.33. The Morgan fingerprint density at radius 3 is 2.29 bits per heavy atom. The van der Waals surface area contributed by atoms with E-state index in [2.05, 4.69) is 10.0 Å². The third-order valence-electron chi connectivity index (χ3n) is 4.47. The average Bonchev–Trinajstić information content (AvgIpc) is 2.78. The fraction of sp³-hybridized carbons (Fsp3) is 0.136. The number of carbonyl (C=O) groups excluding carboxylic acids is 1. The minimum absolute atomic E-state index is 0.0998. The van der Waals surface area contributed by atoms with Crippen LogP contribution in [0.25, 0.3) is 0 Å². The number of rotatable bonds is 8. The van der Waals surface area contributed by atoms with Crippen LogP contribution in [-0.2, 0) is 21.0 Å². The number of hydrogen-bond donors (Lipinski definition) is 2. The average molecular weight is 549 g/mol. The lowest BCUT2D eigenvalue weighted by Crippen LogP contribution is -2.22. The number of anilines is 2. The molecule has 0 atom stereocenters. The molecule has 3 aromatic rings. The lowest BCUT2D eigenvalue weighted by atomic mass is 10.1. The number of ether oxygens (including phenoxy) is 2. The van der Waals surface area contributed by atoms with Gasteiger partial charge in [0.15, 0.2) is 6.61 Å². The number of halogens is 5. The summed E-state index contributed by atoms with van der Waals surface area (Å²) in [4.78, 5) is 12.0. The van der Waals surface area contributed by atoms with Crippen molar-refractivity contribution in [3.05, 3.63) is 76.3 Å². The Morgan fingerprint density at radius 1 is 1.00 bits per heavy atom. The zero-order valence-electron chi connectivity index (χ0n) is 17.8. The van der Waals surface area contributed by atoms with Crippen molar-refractivity contribution in [1.29, 1.82) is 0 Å². The van der Waals surface area contributed by atoms with Gasteiger partial charge in [0.2, 0.25) is 0 Å². The van der Waals surface area contributed by atoms with Gasteiger partial charge in [-0.25, -0.2) is 8.42 Å². The largest absolute Gasteiger partial charge is 0.495 e. The van der Waals surface area contributed by atoms with Gasteiger partial charge >= 0.3 is 6.18 Å². The van der Waals surface area contributed by atoms with E-state index in [1.807, 2.05) is 0 Å². The van der Waals surface area contributed by atoms with Gasteiger partial charge in [-0.15, -0.1) is 0 Å². The summed E-state index contributed by atoms with van der Waals surface area (Å²) in [5, 5.41) is 2.21. The Bertz CT molecular complexity index is 1330. The summed E-state index contributed by atoms with van der Waals surface area (Å²) in [6.45, 7) is -0.616. The smallest absolute Gasteiger partial charge is 0.418 e. The number of sulfonamides is 1. The van der Waals surface area contributed by atoms with Gasteiger partial charge in [-0.2, -0.15) is 13.2 Å². The van der Waals surface area contributed by atoms with Crippen molar-refractivity contribution in [2.75, 3.05) is 23.8 Å². The van der Waals surface area contributed by atoms with Crippen LogP contribution in [0.3, 0.4) is 0 Å². The van der Waals surface area contributed by atoms with E-state index in [4.69, 9.17) is 32.7 Å². The van der Waals surface area contributed by atoms with Gasteiger partial charge in [0.1, 0.15) is 11.5 Å². The molecule has 0 aliphatic carbocycles. The summed E-state index contributed by atoms with van der Waals surface area (Å²) in [5.41, 5.74) is -1.35. The molecule has 13 heteroatoms. The van der Waals surface area contributed by atoms with E-state index in [0.717, 1.165) is 6.07 Å². The number of amides is 1. The Balaban J connectivity index is 1.63. The maximum Gasteiger partial charge on any atom is 0.418 e. The molecule has 35 heavy (non-hydrogen) atoms. The quantitative estimate of drug-likeness (QED) is 0.369. The van der Waals surface area contributed by atoms with Crippen LogP contribution >= 0.6 is 23.2 Å². The van der Waals surface area contributed by atoms with Crippen LogP contribution in [0.2, 0.25) is 10.0 Å². The topological polar surface area (TPSA) is 93.7 Å². The lowest BCUT2D eigenvalue weighted by Gasteiger charge is -2.14. The number of benzene rings is 3. The van der Waals surface area contributed by atoms with Crippen LogP contribution in [0.4, 0.5) is 24.5 Å². The number of methoxy groups -OCH3 is 1. The first kappa shape index (κ1) is 26.5. The number of alkyl halides is 3. The molecular formula is C22H17Cl2F3N2O5S. The van der Waals surface area contributed by atoms with Gasteiger partial charge in [-0.3, -0.25) is 9.52 Å². The summed E-state index contributed by atoms with van der Waals surface area (Å²) in [6, 6.07) is 12.4. The Kier molecular flexibility index (Phi) is 8.04.